The summed E-state index contributed by atoms with van der Waals surface area (Å²) in [5.41, 5.74) is 0. The van der Waals surface area contributed by atoms with Crippen LogP contribution in [0.3, 0.4) is 0 Å². The Morgan fingerprint density at radius 1 is 1.58 bits per heavy atom. The van der Waals surface area contributed by atoms with Crippen molar-refractivity contribution in [2.45, 2.75) is 18.9 Å². The number of rotatable bonds is 5. The van der Waals surface area contributed by atoms with Crippen molar-refractivity contribution in [3.63, 3.8) is 0 Å². The van der Waals surface area contributed by atoms with Gasteiger partial charge in [0.25, 0.3) is 0 Å². The van der Waals surface area contributed by atoms with Gasteiger partial charge in [-0.05, 0) is 13.5 Å². The predicted molar refractivity (Wildman–Crippen MR) is 41.7 cm³/mol. The summed E-state index contributed by atoms with van der Waals surface area (Å²) in [5, 5.41) is 11.0. The fourth-order valence-electron chi connectivity index (χ4n) is 0.790. The minimum absolute atomic E-state index is 0.0411. The van der Waals surface area contributed by atoms with Crippen molar-refractivity contribution in [2.75, 3.05) is 14.2 Å². The van der Waals surface area contributed by atoms with E-state index in [4.69, 9.17) is 5.11 Å². The zero-order valence-electron chi connectivity index (χ0n) is 7.16. The molecular formula is C7H13NO4. The zero-order chi connectivity index (χ0) is 9.56. The van der Waals surface area contributed by atoms with Crippen molar-refractivity contribution in [1.82, 2.24) is 5.32 Å². The third kappa shape index (κ3) is 3.92. The lowest BCUT2D eigenvalue weighted by atomic mass is 10.1. The smallest absolute Gasteiger partial charge is 0.322 e. The molecule has 1 atom stereocenters. The molecule has 5 heteroatoms. The SMILES string of the molecule is CNC(CCC(=O)O)C(=O)OC. The van der Waals surface area contributed by atoms with Crippen molar-refractivity contribution in [3.8, 4) is 0 Å². The number of esters is 1. The molecule has 0 radical (unpaired) electrons. The van der Waals surface area contributed by atoms with Gasteiger partial charge in [0, 0.05) is 6.42 Å². The van der Waals surface area contributed by atoms with E-state index in [2.05, 4.69) is 10.1 Å². The molecule has 0 aromatic rings. The van der Waals surface area contributed by atoms with Crippen LogP contribution in [0, 0.1) is 0 Å². The number of nitrogens with one attached hydrogen (secondary N) is 1. The normalized spacial score (nSPS) is 12.2. The first kappa shape index (κ1) is 10.9. The van der Waals surface area contributed by atoms with E-state index in [9.17, 15) is 9.59 Å². The fourth-order valence-corrected chi connectivity index (χ4v) is 0.790. The van der Waals surface area contributed by atoms with Crippen molar-refractivity contribution in [2.24, 2.45) is 0 Å². The number of carbonyl (C=O) groups excluding carboxylic acids is 1. The molecule has 0 saturated carbocycles. The van der Waals surface area contributed by atoms with E-state index >= 15 is 0 Å². The molecule has 0 spiro atoms. The van der Waals surface area contributed by atoms with Gasteiger partial charge in [0.15, 0.2) is 0 Å². The van der Waals surface area contributed by atoms with Gasteiger partial charge in [-0.3, -0.25) is 9.59 Å². The summed E-state index contributed by atoms with van der Waals surface area (Å²) in [6.45, 7) is 0. The van der Waals surface area contributed by atoms with Crippen LogP contribution < -0.4 is 5.32 Å². The number of carboxylic acids is 1. The average Bonchev–Trinajstić information content (AvgIpc) is 2.04. The lowest BCUT2D eigenvalue weighted by Gasteiger charge is -2.11. The Morgan fingerprint density at radius 3 is 2.50 bits per heavy atom. The molecule has 0 saturated heterocycles. The molecule has 5 nitrogen and oxygen atoms in total. The Kier molecular flexibility index (Phi) is 5.03. The molecule has 70 valence electrons. The van der Waals surface area contributed by atoms with Gasteiger partial charge in [-0.2, -0.15) is 0 Å². The summed E-state index contributed by atoms with van der Waals surface area (Å²) < 4.78 is 4.44. The molecule has 0 bridgehead atoms. The van der Waals surface area contributed by atoms with Crippen LogP contribution in [-0.4, -0.2) is 37.2 Å². The Labute approximate surface area is 70.7 Å². The fraction of sp³-hybridized carbons (Fsp3) is 0.714. The molecule has 0 aromatic carbocycles. The summed E-state index contributed by atoms with van der Waals surface area (Å²) in [7, 11) is 2.86. The highest BCUT2D eigenvalue weighted by atomic mass is 16.5. The lowest BCUT2D eigenvalue weighted by Crippen LogP contribution is -2.35. The van der Waals surface area contributed by atoms with E-state index in [1.54, 1.807) is 7.05 Å². The Morgan fingerprint density at radius 2 is 2.17 bits per heavy atom. The maximum Gasteiger partial charge on any atom is 0.322 e. The monoisotopic (exact) mass is 175 g/mol. The third-order valence-corrected chi connectivity index (χ3v) is 1.48. The molecule has 0 aromatic heterocycles. The number of likely N-dealkylation sites (N-methyl/N-ethyl adjacent to an activating group) is 1. The highest BCUT2D eigenvalue weighted by molar-refractivity contribution is 5.76. The van der Waals surface area contributed by atoms with Crippen LogP contribution in [0.4, 0.5) is 0 Å². The number of hydrogen-bond donors (Lipinski definition) is 2. The first-order valence-electron chi connectivity index (χ1n) is 3.58. The molecule has 0 aliphatic rings. The number of carboxylic acid groups (broad SMARTS) is 1. The minimum atomic E-state index is -0.917. The quantitative estimate of drug-likeness (QED) is 0.557. The second kappa shape index (κ2) is 5.54. The van der Waals surface area contributed by atoms with Crippen molar-refractivity contribution in [3.05, 3.63) is 0 Å². The van der Waals surface area contributed by atoms with Crippen LogP contribution in [0.2, 0.25) is 0 Å². The number of methoxy groups -OCH3 is 1. The molecule has 0 fully saturated rings. The molecule has 0 rings (SSSR count). The van der Waals surface area contributed by atoms with Crippen LogP contribution in [0.15, 0.2) is 0 Å². The Bertz CT molecular complexity index is 169. The van der Waals surface area contributed by atoms with E-state index in [1.165, 1.54) is 7.11 Å². The van der Waals surface area contributed by atoms with E-state index in [-0.39, 0.29) is 12.8 Å². The lowest BCUT2D eigenvalue weighted by molar-refractivity contribution is -0.143. The van der Waals surface area contributed by atoms with Crippen LogP contribution in [0.25, 0.3) is 0 Å². The molecule has 0 amide bonds. The predicted octanol–water partition coefficient (Wildman–Crippen LogP) is -0.388. The van der Waals surface area contributed by atoms with Crippen molar-refractivity contribution < 1.29 is 19.4 Å². The summed E-state index contributed by atoms with van der Waals surface area (Å²) in [6.07, 6.45) is 0.207. The summed E-state index contributed by atoms with van der Waals surface area (Å²) in [4.78, 5) is 21.0. The van der Waals surface area contributed by atoms with Crippen molar-refractivity contribution in [1.29, 1.82) is 0 Å². The Hall–Kier alpha value is -1.10. The number of ether oxygens (including phenoxy) is 1. The largest absolute Gasteiger partial charge is 0.481 e. The second-order valence-electron chi connectivity index (χ2n) is 2.30. The second-order valence-corrected chi connectivity index (χ2v) is 2.30. The molecule has 0 heterocycles. The standard InChI is InChI=1S/C7H13NO4/c1-8-5(7(11)12-2)3-4-6(9)10/h5,8H,3-4H2,1-2H3,(H,9,10). The first-order valence-corrected chi connectivity index (χ1v) is 3.58. The van der Waals surface area contributed by atoms with E-state index in [0.717, 1.165) is 0 Å². The molecule has 2 N–H and O–H groups in total. The van der Waals surface area contributed by atoms with Gasteiger partial charge in [0.1, 0.15) is 6.04 Å². The topological polar surface area (TPSA) is 75.6 Å². The van der Waals surface area contributed by atoms with E-state index in [1.807, 2.05) is 0 Å². The Balaban J connectivity index is 3.83. The van der Waals surface area contributed by atoms with E-state index in [0.29, 0.717) is 0 Å². The average molecular weight is 175 g/mol. The van der Waals surface area contributed by atoms with Crippen LogP contribution in [-0.2, 0) is 14.3 Å². The summed E-state index contributed by atoms with van der Waals surface area (Å²) in [6, 6.07) is -0.522. The van der Waals surface area contributed by atoms with Crippen molar-refractivity contribution >= 4 is 11.9 Å². The molecular weight excluding hydrogens is 162 g/mol. The molecule has 0 aliphatic carbocycles. The summed E-state index contributed by atoms with van der Waals surface area (Å²) >= 11 is 0. The van der Waals surface area contributed by atoms with Gasteiger partial charge in [0.05, 0.1) is 7.11 Å². The van der Waals surface area contributed by atoms with E-state index < -0.39 is 18.0 Å². The zero-order valence-corrected chi connectivity index (χ0v) is 7.16. The molecule has 0 aliphatic heterocycles. The number of hydrogen-bond acceptors (Lipinski definition) is 4. The summed E-state index contributed by atoms with van der Waals surface area (Å²) in [5.74, 6) is -1.35. The number of carbonyl (C=O) groups is 2. The van der Waals surface area contributed by atoms with Gasteiger partial charge >= 0.3 is 11.9 Å². The van der Waals surface area contributed by atoms with Crippen LogP contribution >= 0.6 is 0 Å². The maximum absolute atomic E-state index is 10.9. The molecule has 1 unspecified atom stereocenters. The highest BCUT2D eigenvalue weighted by Crippen LogP contribution is 1.98. The number of aliphatic carboxylic acids is 1. The first-order chi connectivity index (χ1) is 5.61. The van der Waals surface area contributed by atoms with Crippen LogP contribution in [0.5, 0.6) is 0 Å². The third-order valence-electron chi connectivity index (χ3n) is 1.48. The maximum atomic E-state index is 10.9. The molecule has 12 heavy (non-hydrogen) atoms. The van der Waals surface area contributed by atoms with Gasteiger partial charge in [-0.25, -0.2) is 0 Å². The van der Waals surface area contributed by atoms with Gasteiger partial charge in [0.2, 0.25) is 0 Å². The van der Waals surface area contributed by atoms with Gasteiger partial charge in [-0.15, -0.1) is 0 Å². The highest BCUT2D eigenvalue weighted by Gasteiger charge is 2.17. The van der Waals surface area contributed by atoms with Gasteiger partial charge < -0.3 is 15.2 Å². The van der Waals surface area contributed by atoms with Gasteiger partial charge in [-0.1, -0.05) is 0 Å². The van der Waals surface area contributed by atoms with Crippen LogP contribution in [0.1, 0.15) is 12.8 Å². The minimum Gasteiger partial charge on any atom is -0.481 e.